The Morgan fingerprint density at radius 2 is 1.80 bits per heavy atom. The Bertz CT molecular complexity index is 131. The molecule has 4 heteroatoms. The maximum absolute atomic E-state index is 5.29. The third kappa shape index (κ3) is 22.5. The molecule has 10 heavy (non-hydrogen) atoms. The van der Waals surface area contributed by atoms with Crippen molar-refractivity contribution >= 4 is 0 Å². The fourth-order valence-corrected chi connectivity index (χ4v) is 0.520. The predicted octanol–water partition coefficient (Wildman–Crippen LogP) is 1.43. The third-order valence-electron chi connectivity index (χ3n) is 0.430. The summed E-state index contributed by atoms with van der Waals surface area (Å²) in [5.41, 5.74) is 0.841. The summed E-state index contributed by atoms with van der Waals surface area (Å²) in [5, 5.41) is 0. The van der Waals surface area contributed by atoms with Crippen LogP contribution < -0.4 is 0 Å². The molecule has 0 aliphatic heterocycles. The fourth-order valence-electron chi connectivity index (χ4n) is 0.173. The summed E-state index contributed by atoms with van der Waals surface area (Å²) in [4.78, 5) is 0. The Labute approximate surface area is 152 Å². The zero-order valence-corrected chi connectivity index (χ0v) is 22.4. The number of allylic oxidation sites excluding steroid dienone is 3. The van der Waals surface area contributed by atoms with Crippen LogP contribution in [0.25, 0.3) is 0 Å². The summed E-state index contributed by atoms with van der Waals surface area (Å²) in [5.74, 6) is 0. The van der Waals surface area contributed by atoms with Crippen molar-refractivity contribution < 1.29 is 122 Å². The van der Waals surface area contributed by atoms with E-state index in [0.29, 0.717) is 0 Å². The van der Waals surface area contributed by atoms with Crippen LogP contribution in [0.3, 0.4) is 0 Å². The van der Waals surface area contributed by atoms with Crippen LogP contribution in [0.1, 0.15) is 6.92 Å². The number of hydrogen-bond donors (Lipinski definition) is 0. The van der Waals surface area contributed by atoms with Gasteiger partial charge in [0.15, 0.2) is 0 Å². The predicted molar refractivity (Wildman–Crippen MR) is 26.5 cm³/mol. The van der Waals surface area contributed by atoms with Gasteiger partial charge in [-0.25, -0.2) is 0 Å². The molecule has 0 N–H and O–H groups in total. The van der Waals surface area contributed by atoms with Crippen LogP contribution in [0.4, 0.5) is 0 Å². The molecule has 0 amide bonds. The first-order chi connectivity index (χ1) is 3.27. The standard InChI is InChI=1S/C6H6.4U/c1-4-5-6(2)3;;;;/h2,4-5H,3H3;;;;/q-1;;;;/b5-4-;;;;. The average molecular weight is 1030 g/mol. The van der Waals surface area contributed by atoms with Crippen molar-refractivity contribution in [3.8, 4) is 2.82 Å². The second-order valence-electron chi connectivity index (χ2n) is 1.22. The van der Waals surface area contributed by atoms with Gasteiger partial charge in [0.2, 0.25) is 0 Å². The van der Waals surface area contributed by atoms with E-state index in [1.54, 1.807) is 0 Å². The van der Waals surface area contributed by atoms with Crippen LogP contribution in [0.15, 0.2) is 17.7 Å². The van der Waals surface area contributed by atoms with Gasteiger partial charge in [-0.2, -0.15) is 0 Å². The molecule has 0 radical (unpaired) electrons. The molecule has 0 heterocycles. The first-order valence-corrected chi connectivity index (χ1v) is 4.03. The fraction of sp³-hybridized carbons (Fsp3) is 0.167. The normalized spacial score (nSPS) is 6.30. The molecule has 0 atom stereocenters. The van der Waals surface area contributed by atoms with E-state index in [0.717, 1.165) is 34.3 Å². The van der Waals surface area contributed by atoms with Crippen LogP contribution in [-0.2, 0) is 0 Å². The van der Waals surface area contributed by atoms with Crippen molar-refractivity contribution in [2.24, 2.45) is 0 Å². The minimum atomic E-state index is 0. The van der Waals surface area contributed by atoms with Gasteiger partial charge in [-0.05, 0) is 0 Å². The molecule has 0 fully saturated rings. The van der Waals surface area contributed by atoms with Crippen molar-refractivity contribution in [2.75, 3.05) is 0 Å². The van der Waals surface area contributed by atoms with Gasteiger partial charge in [-0.1, -0.05) is 0 Å². The largest absolute Gasteiger partial charge is 0 e. The first kappa shape index (κ1) is 23.4. The van der Waals surface area contributed by atoms with Gasteiger partial charge in [0.05, 0.1) is 0 Å². The molecular formula is C6H6U4-. The maximum atomic E-state index is 5.29. The summed E-state index contributed by atoms with van der Waals surface area (Å²) >= 11 is 0.810. The van der Waals surface area contributed by atoms with Crippen molar-refractivity contribution in [3.05, 3.63) is 24.3 Å². The topological polar surface area (TPSA) is 0 Å². The van der Waals surface area contributed by atoms with E-state index >= 15 is 0 Å². The first-order valence-electron chi connectivity index (χ1n) is 1.95. The number of hydrogen-bond acceptors (Lipinski definition) is 0. The van der Waals surface area contributed by atoms with Gasteiger partial charge < -0.3 is 0 Å². The van der Waals surface area contributed by atoms with E-state index in [2.05, 4.69) is 2.82 Å². The quantitative estimate of drug-likeness (QED) is 0.276. The monoisotopic (exact) mass is 1030 g/mol. The summed E-state index contributed by atoms with van der Waals surface area (Å²) in [7, 11) is 0. The van der Waals surface area contributed by atoms with E-state index in [4.69, 9.17) is 6.58 Å². The van der Waals surface area contributed by atoms with Crippen LogP contribution >= 0.6 is 0 Å². The molecule has 0 saturated heterocycles. The molecule has 0 spiro atoms. The minimum absolute atomic E-state index is 0. The molecule has 0 unspecified atom stereocenters. The van der Waals surface area contributed by atoms with Crippen molar-refractivity contribution in [3.63, 3.8) is 0 Å². The zero-order chi connectivity index (χ0) is 5.70. The molecule has 47 valence electrons. The van der Waals surface area contributed by atoms with Crippen molar-refractivity contribution in [1.82, 2.24) is 0 Å². The second-order valence-corrected chi connectivity index (χ2v) is 2.42. The maximum Gasteiger partial charge on any atom is 0 e. The molecule has 0 bridgehead atoms. The van der Waals surface area contributed by atoms with Crippen LogP contribution in [0, 0.1) is 131 Å². The van der Waals surface area contributed by atoms with E-state index in [-0.39, 0.29) is 93.3 Å². The third-order valence-corrected chi connectivity index (χ3v) is 1.12. The molecule has 0 aromatic carbocycles. The Balaban J connectivity index is -0.0000000600. The SMILES string of the molecule is [CH-]=C(C)/C=C\[C]#[U].[U].[U].[U]. The van der Waals surface area contributed by atoms with Gasteiger partial charge in [0.25, 0.3) is 0 Å². The van der Waals surface area contributed by atoms with Gasteiger partial charge >= 0.3 is 62.8 Å². The van der Waals surface area contributed by atoms with Gasteiger partial charge in [0.1, 0.15) is 0 Å². The molecule has 0 aliphatic rings. The van der Waals surface area contributed by atoms with Crippen molar-refractivity contribution in [2.45, 2.75) is 6.92 Å². The van der Waals surface area contributed by atoms with Gasteiger partial charge in [0, 0.05) is 93.3 Å². The summed E-state index contributed by atoms with van der Waals surface area (Å²) in [6, 6.07) is 0. The van der Waals surface area contributed by atoms with Gasteiger partial charge in [-0.3, -0.25) is 0 Å². The van der Waals surface area contributed by atoms with E-state index in [9.17, 15) is 0 Å². The van der Waals surface area contributed by atoms with Crippen LogP contribution in [0.2, 0.25) is 0 Å². The summed E-state index contributed by atoms with van der Waals surface area (Å²) < 4.78 is 2.99. The Morgan fingerprint density at radius 1 is 1.40 bits per heavy atom. The second kappa shape index (κ2) is 18.3. The van der Waals surface area contributed by atoms with Crippen LogP contribution in [0.5, 0.6) is 0 Å². The average Bonchev–Trinajstić information content (AvgIpc) is 1.61. The molecule has 0 aromatic heterocycles. The Hall–Kier alpha value is 3.47. The van der Waals surface area contributed by atoms with E-state index in [1.807, 2.05) is 19.1 Å². The Morgan fingerprint density at radius 3 is 1.90 bits per heavy atom. The smallest absolute Gasteiger partial charge is 0 e. The summed E-state index contributed by atoms with van der Waals surface area (Å²) in [6.07, 6.45) is 3.71. The molecule has 0 saturated carbocycles. The molecule has 0 aromatic rings. The minimum Gasteiger partial charge on any atom is 0 e. The molecule has 0 nitrogen and oxygen atoms in total. The summed E-state index contributed by atoms with van der Waals surface area (Å²) in [6.45, 7) is 7.15. The van der Waals surface area contributed by atoms with Crippen molar-refractivity contribution in [1.29, 1.82) is 0 Å². The number of rotatable bonds is 1. The zero-order valence-electron chi connectivity index (χ0n) is 5.73. The van der Waals surface area contributed by atoms with E-state index in [1.165, 1.54) is 0 Å². The van der Waals surface area contributed by atoms with E-state index < -0.39 is 0 Å². The van der Waals surface area contributed by atoms with Gasteiger partial charge in [-0.15, -0.1) is 0 Å². The Kier molecular flexibility index (Phi) is 42.7. The molecule has 0 rings (SSSR count). The molecule has 0 aliphatic carbocycles. The molecular weight excluding hydrogens is 1020 g/mol. The van der Waals surface area contributed by atoms with Crippen LogP contribution in [-0.4, -0.2) is 0 Å².